The normalized spacial score (nSPS) is 10.7. The van der Waals surface area contributed by atoms with Crippen molar-refractivity contribution in [2.24, 2.45) is 0 Å². The van der Waals surface area contributed by atoms with Gasteiger partial charge >= 0.3 is 0 Å². The van der Waals surface area contributed by atoms with Crippen LogP contribution < -0.4 is 5.32 Å². The van der Waals surface area contributed by atoms with Gasteiger partial charge in [-0.2, -0.15) is 0 Å². The van der Waals surface area contributed by atoms with Gasteiger partial charge in [-0.1, -0.05) is 36.4 Å². The van der Waals surface area contributed by atoms with E-state index in [0.29, 0.717) is 18.9 Å². The monoisotopic (exact) mass is 280 g/mol. The number of benzene rings is 2. The molecular weight excluding hydrogens is 264 g/mol. The Hall–Kier alpha value is -2.62. The second-order valence-corrected chi connectivity index (χ2v) is 4.97. The van der Waals surface area contributed by atoms with Crippen molar-refractivity contribution < 1.29 is 9.21 Å². The molecule has 0 aliphatic heterocycles. The van der Waals surface area contributed by atoms with E-state index in [4.69, 9.17) is 4.42 Å². The number of amides is 1. The number of carbonyl (C=O) groups is 1. The summed E-state index contributed by atoms with van der Waals surface area (Å²) in [6, 6.07) is 15.5. The third-order valence-corrected chi connectivity index (χ3v) is 3.26. The number of aromatic nitrogens is 1. The molecule has 0 radical (unpaired) electrons. The minimum atomic E-state index is 0.00930. The summed E-state index contributed by atoms with van der Waals surface area (Å²) in [5.74, 6) is 0.658. The molecule has 0 saturated carbocycles. The van der Waals surface area contributed by atoms with E-state index >= 15 is 0 Å². The van der Waals surface area contributed by atoms with Gasteiger partial charge < -0.3 is 9.73 Å². The average molecular weight is 280 g/mol. The molecule has 0 fully saturated rings. The predicted octanol–water partition coefficient (Wildman–Crippen LogP) is 3.00. The van der Waals surface area contributed by atoms with Crippen molar-refractivity contribution in [2.75, 3.05) is 0 Å². The Bertz CT molecular complexity index is 763. The van der Waals surface area contributed by atoms with Crippen molar-refractivity contribution in [3.8, 4) is 0 Å². The van der Waals surface area contributed by atoms with Crippen LogP contribution in [-0.4, -0.2) is 10.9 Å². The summed E-state index contributed by atoms with van der Waals surface area (Å²) in [6.07, 6.45) is 0.393. The molecule has 106 valence electrons. The number of fused-ring (bicyclic) bond motifs is 1. The Morgan fingerprint density at radius 2 is 1.95 bits per heavy atom. The molecule has 1 aromatic heterocycles. The quantitative estimate of drug-likeness (QED) is 0.799. The number of nitrogens with zero attached hydrogens (tertiary/aromatic N) is 1. The Morgan fingerprint density at radius 1 is 1.14 bits per heavy atom. The average Bonchev–Trinajstić information content (AvgIpc) is 2.85. The van der Waals surface area contributed by atoms with E-state index in [1.807, 2.05) is 55.5 Å². The standard InChI is InChI=1S/C17H16N2O2/c1-12-19-15-8-7-14(9-16(15)21-12)11-18-17(20)10-13-5-3-2-4-6-13/h2-9H,10-11H2,1H3,(H,18,20). The van der Waals surface area contributed by atoms with Gasteiger partial charge in [0.1, 0.15) is 5.52 Å². The summed E-state index contributed by atoms with van der Waals surface area (Å²) < 4.78 is 5.49. The van der Waals surface area contributed by atoms with E-state index in [2.05, 4.69) is 10.3 Å². The largest absolute Gasteiger partial charge is 0.441 e. The van der Waals surface area contributed by atoms with E-state index in [1.54, 1.807) is 0 Å². The minimum absolute atomic E-state index is 0.00930. The first-order chi connectivity index (χ1) is 10.2. The highest BCUT2D eigenvalue weighted by Gasteiger charge is 2.05. The molecule has 0 saturated heterocycles. The minimum Gasteiger partial charge on any atom is -0.441 e. The summed E-state index contributed by atoms with van der Waals surface area (Å²) >= 11 is 0. The molecule has 0 aliphatic rings. The van der Waals surface area contributed by atoms with E-state index in [-0.39, 0.29) is 5.91 Å². The SMILES string of the molecule is Cc1nc2ccc(CNC(=O)Cc3ccccc3)cc2o1. The maximum Gasteiger partial charge on any atom is 0.224 e. The fraction of sp³-hybridized carbons (Fsp3) is 0.176. The van der Waals surface area contributed by atoms with Crippen LogP contribution in [0.1, 0.15) is 17.0 Å². The molecule has 1 heterocycles. The number of hydrogen-bond donors (Lipinski definition) is 1. The maximum atomic E-state index is 11.9. The molecule has 0 bridgehead atoms. The van der Waals surface area contributed by atoms with Crippen molar-refractivity contribution in [1.29, 1.82) is 0 Å². The second kappa shape index (κ2) is 5.79. The lowest BCUT2D eigenvalue weighted by Crippen LogP contribution is -2.24. The van der Waals surface area contributed by atoms with E-state index in [1.165, 1.54) is 0 Å². The number of aryl methyl sites for hydroxylation is 1. The van der Waals surface area contributed by atoms with Gasteiger partial charge in [-0.05, 0) is 23.3 Å². The Labute approximate surface area is 122 Å². The van der Waals surface area contributed by atoms with E-state index in [9.17, 15) is 4.79 Å². The van der Waals surface area contributed by atoms with Crippen LogP contribution >= 0.6 is 0 Å². The first-order valence-corrected chi connectivity index (χ1v) is 6.87. The van der Waals surface area contributed by atoms with Crippen LogP contribution in [0.2, 0.25) is 0 Å². The lowest BCUT2D eigenvalue weighted by molar-refractivity contribution is -0.120. The summed E-state index contributed by atoms with van der Waals surface area (Å²) in [6.45, 7) is 2.31. The molecular formula is C17H16N2O2. The lowest BCUT2D eigenvalue weighted by atomic mass is 10.1. The van der Waals surface area contributed by atoms with Crippen molar-refractivity contribution in [3.63, 3.8) is 0 Å². The molecule has 1 N–H and O–H groups in total. The van der Waals surface area contributed by atoms with Crippen LogP contribution in [0.4, 0.5) is 0 Å². The second-order valence-electron chi connectivity index (χ2n) is 4.97. The van der Waals surface area contributed by atoms with Crippen LogP contribution in [0.15, 0.2) is 52.9 Å². The number of hydrogen-bond acceptors (Lipinski definition) is 3. The van der Waals surface area contributed by atoms with E-state index in [0.717, 1.165) is 22.2 Å². The van der Waals surface area contributed by atoms with Crippen molar-refractivity contribution in [3.05, 3.63) is 65.5 Å². The molecule has 3 aromatic rings. The van der Waals surface area contributed by atoms with Gasteiger partial charge in [0, 0.05) is 13.5 Å². The van der Waals surface area contributed by atoms with Crippen molar-refractivity contribution in [2.45, 2.75) is 19.9 Å². The van der Waals surface area contributed by atoms with Crippen LogP contribution in [-0.2, 0) is 17.8 Å². The number of carbonyl (C=O) groups excluding carboxylic acids is 1. The highest BCUT2D eigenvalue weighted by molar-refractivity contribution is 5.79. The highest BCUT2D eigenvalue weighted by Crippen LogP contribution is 2.16. The fourth-order valence-corrected chi connectivity index (χ4v) is 2.24. The maximum absolute atomic E-state index is 11.9. The van der Waals surface area contributed by atoms with Crippen LogP contribution in [0.3, 0.4) is 0 Å². The topological polar surface area (TPSA) is 55.1 Å². The first kappa shape index (κ1) is 13.4. The van der Waals surface area contributed by atoms with Gasteiger partial charge in [-0.25, -0.2) is 4.98 Å². The van der Waals surface area contributed by atoms with Crippen molar-refractivity contribution in [1.82, 2.24) is 10.3 Å². The van der Waals surface area contributed by atoms with Gasteiger partial charge in [-0.3, -0.25) is 4.79 Å². The molecule has 2 aromatic carbocycles. The zero-order chi connectivity index (χ0) is 14.7. The molecule has 0 aliphatic carbocycles. The Balaban J connectivity index is 1.62. The molecule has 0 spiro atoms. The number of nitrogens with one attached hydrogen (secondary N) is 1. The summed E-state index contributed by atoms with van der Waals surface area (Å²) in [4.78, 5) is 16.2. The van der Waals surface area contributed by atoms with Gasteiger partial charge in [0.15, 0.2) is 11.5 Å². The molecule has 21 heavy (non-hydrogen) atoms. The van der Waals surface area contributed by atoms with Gasteiger partial charge in [0.05, 0.1) is 6.42 Å². The molecule has 4 heteroatoms. The molecule has 3 rings (SSSR count). The highest BCUT2D eigenvalue weighted by atomic mass is 16.3. The number of rotatable bonds is 4. The van der Waals surface area contributed by atoms with Crippen LogP contribution in [0.5, 0.6) is 0 Å². The third kappa shape index (κ3) is 3.28. The third-order valence-electron chi connectivity index (χ3n) is 3.26. The molecule has 1 amide bonds. The zero-order valence-electron chi connectivity index (χ0n) is 11.8. The van der Waals surface area contributed by atoms with Crippen LogP contribution in [0, 0.1) is 6.92 Å². The van der Waals surface area contributed by atoms with Crippen molar-refractivity contribution >= 4 is 17.0 Å². The molecule has 4 nitrogen and oxygen atoms in total. The lowest BCUT2D eigenvalue weighted by Gasteiger charge is -2.05. The zero-order valence-corrected chi connectivity index (χ0v) is 11.8. The summed E-state index contributed by atoms with van der Waals surface area (Å²) in [5, 5.41) is 2.92. The van der Waals surface area contributed by atoms with Crippen LogP contribution in [0.25, 0.3) is 11.1 Å². The molecule has 0 unspecified atom stereocenters. The Morgan fingerprint density at radius 3 is 2.76 bits per heavy atom. The fourth-order valence-electron chi connectivity index (χ4n) is 2.24. The van der Waals surface area contributed by atoms with Gasteiger partial charge in [0.2, 0.25) is 5.91 Å². The van der Waals surface area contributed by atoms with E-state index < -0.39 is 0 Å². The summed E-state index contributed by atoms with van der Waals surface area (Å²) in [5.41, 5.74) is 3.60. The van der Waals surface area contributed by atoms with Gasteiger partial charge in [0.25, 0.3) is 0 Å². The summed E-state index contributed by atoms with van der Waals surface area (Å²) in [7, 11) is 0. The predicted molar refractivity (Wildman–Crippen MR) is 80.7 cm³/mol. The Kier molecular flexibility index (Phi) is 3.69. The van der Waals surface area contributed by atoms with Gasteiger partial charge in [-0.15, -0.1) is 0 Å². The molecule has 0 atom stereocenters. The smallest absolute Gasteiger partial charge is 0.224 e. The number of oxazole rings is 1. The first-order valence-electron chi connectivity index (χ1n) is 6.87.